The number of H-pyrrole nitrogens is 1. The highest BCUT2D eigenvalue weighted by Gasteiger charge is 2.39. The number of nitrogens with zero attached hydrogens (tertiary/aromatic N) is 4. The molecule has 6 heteroatoms. The van der Waals surface area contributed by atoms with E-state index in [1.165, 1.54) is 25.7 Å². The topological polar surface area (TPSA) is 83.7 Å². The quantitative estimate of drug-likeness (QED) is 0.890. The van der Waals surface area contributed by atoms with Crippen LogP contribution in [0.3, 0.4) is 0 Å². The molecule has 0 aromatic carbocycles. The Morgan fingerprint density at radius 3 is 3.00 bits per heavy atom. The fourth-order valence-electron chi connectivity index (χ4n) is 4.15. The summed E-state index contributed by atoms with van der Waals surface area (Å²) in [6.07, 6.45) is 7.31. The number of aromatic nitrogens is 4. The van der Waals surface area contributed by atoms with Crippen molar-refractivity contribution in [2.75, 3.05) is 24.2 Å². The summed E-state index contributed by atoms with van der Waals surface area (Å²) < 4.78 is 0. The van der Waals surface area contributed by atoms with Crippen LogP contribution in [0.4, 0.5) is 11.8 Å². The van der Waals surface area contributed by atoms with Gasteiger partial charge in [0.05, 0.1) is 6.33 Å². The van der Waals surface area contributed by atoms with Gasteiger partial charge in [0.25, 0.3) is 0 Å². The van der Waals surface area contributed by atoms with Crippen LogP contribution >= 0.6 is 0 Å². The van der Waals surface area contributed by atoms with Crippen molar-refractivity contribution in [2.45, 2.75) is 25.7 Å². The highest BCUT2D eigenvalue weighted by molar-refractivity contribution is 5.83. The Morgan fingerprint density at radius 2 is 2.25 bits per heavy atom. The van der Waals surface area contributed by atoms with E-state index in [-0.39, 0.29) is 0 Å². The molecular formula is C14H20N6. The summed E-state index contributed by atoms with van der Waals surface area (Å²) in [6, 6.07) is 0. The number of rotatable bonds is 3. The average Bonchev–Trinajstić information content (AvgIpc) is 3.12. The average molecular weight is 272 g/mol. The van der Waals surface area contributed by atoms with Gasteiger partial charge in [0.2, 0.25) is 5.95 Å². The summed E-state index contributed by atoms with van der Waals surface area (Å²) in [5.74, 6) is 3.85. The Hall–Kier alpha value is -1.85. The summed E-state index contributed by atoms with van der Waals surface area (Å²) in [4.78, 5) is 18.1. The van der Waals surface area contributed by atoms with Crippen LogP contribution in [-0.2, 0) is 0 Å². The number of anilines is 2. The Balaban J connectivity index is 1.60. The van der Waals surface area contributed by atoms with Crippen LogP contribution in [0.5, 0.6) is 0 Å². The number of hydrogen-bond donors (Lipinski definition) is 2. The smallest absolute Gasteiger partial charge is 0.224 e. The number of nitrogens with two attached hydrogens (primary N) is 1. The van der Waals surface area contributed by atoms with E-state index in [2.05, 4.69) is 31.9 Å². The maximum atomic E-state index is 5.79. The van der Waals surface area contributed by atoms with Gasteiger partial charge in [-0.3, -0.25) is 0 Å². The van der Waals surface area contributed by atoms with Crippen LogP contribution in [0.2, 0.25) is 0 Å². The van der Waals surface area contributed by atoms with Gasteiger partial charge in [-0.2, -0.15) is 9.97 Å². The van der Waals surface area contributed by atoms with Crippen molar-refractivity contribution in [1.29, 1.82) is 0 Å². The van der Waals surface area contributed by atoms with E-state index in [1.807, 2.05) is 0 Å². The first-order chi connectivity index (χ1) is 9.70. The number of nitrogen functional groups attached to an aromatic ring is 1. The number of nitrogens with one attached hydrogen (secondary N) is 1. The van der Waals surface area contributed by atoms with E-state index < -0.39 is 0 Å². The molecule has 2 aromatic heterocycles. The van der Waals surface area contributed by atoms with E-state index in [9.17, 15) is 0 Å². The zero-order valence-corrected chi connectivity index (χ0v) is 11.7. The van der Waals surface area contributed by atoms with Gasteiger partial charge in [0.15, 0.2) is 11.5 Å². The Labute approximate surface area is 117 Å². The van der Waals surface area contributed by atoms with Crippen LogP contribution in [0.1, 0.15) is 25.7 Å². The third-order valence-corrected chi connectivity index (χ3v) is 5.04. The van der Waals surface area contributed by atoms with Gasteiger partial charge in [-0.15, -0.1) is 0 Å². The van der Waals surface area contributed by atoms with Crippen molar-refractivity contribution in [3.05, 3.63) is 6.33 Å². The van der Waals surface area contributed by atoms with Gasteiger partial charge >= 0.3 is 0 Å². The first-order valence-corrected chi connectivity index (χ1v) is 7.38. The maximum absolute atomic E-state index is 5.79. The normalized spacial score (nSPS) is 28.4. The summed E-state index contributed by atoms with van der Waals surface area (Å²) in [5, 5.41) is 0. The summed E-state index contributed by atoms with van der Waals surface area (Å²) in [6.45, 7) is 1.05. The molecule has 3 N–H and O–H groups in total. The van der Waals surface area contributed by atoms with Crippen LogP contribution in [0.25, 0.3) is 11.2 Å². The minimum absolute atomic E-state index is 0.291. The molecule has 20 heavy (non-hydrogen) atoms. The highest BCUT2D eigenvalue weighted by atomic mass is 15.2. The van der Waals surface area contributed by atoms with Gasteiger partial charge in [-0.05, 0) is 37.0 Å². The van der Waals surface area contributed by atoms with Crippen LogP contribution < -0.4 is 10.6 Å². The first-order valence-electron chi connectivity index (χ1n) is 7.38. The molecule has 2 saturated carbocycles. The molecule has 3 unspecified atom stereocenters. The Morgan fingerprint density at radius 1 is 1.35 bits per heavy atom. The molecule has 2 fully saturated rings. The minimum atomic E-state index is 0.291. The number of aromatic amines is 1. The monoisotopic (exact) mass is 272 g/mol. The van der Waals surface area contributed by atoms with Crippen molar-refractivity contribution in [1.82, 2.24) is 19.9 Å². The molecule has 0 amide bonds. The Bertz CT molecular complexity index is 636. The summed E-state index contributed by atoms with van der Waals surface area (Å²) >= 11 is 0. The zero-order valence-electron chi connectivity index (χ0n) is 11.7. The summed E-state index contributed by atoms with van der Waals surface area (Å²) in [7, 11) is 2.09. The number of hydrogen-bond acceptors (Lipinski definition) is 5. The van der Waals surface area contributed by atoms with E-state index in [1.54, 1.807) is 6.33 Å². The lowest BCUT2D eigenvalue weighted by atomic mass is 9.88. The predicted molar refractivity (Wildman–Crippen MR) is 78.3 cm³/mol. The number of fused-ring (bicyclic) bond motifs is 3. The van der Waals surface area contributed by atoms with Gasteiger partial charge < -0.3 is 15.6 Å². The zero-order chi connectivity index (χ0) is 13.7. The molecule has 2 aliphatic carbocycles. The lowest BCUT2D eigenvalue weighted by Gasteiger charge is -2.28. The maximum Gasteiger partial charge on any atom is 0.224 e. The second kappa shape index (κ2) is 4.33. The van der Waals surface area contributed by atoms with Gasteiger partial charge in [0.1, 0.15) is 5.52 Å². The van der Waals surface area contributed by atoms with Crippen molar-refractivity contribution >= 4 is 22.9 Å². The van der Waals surface area contributed by atoms with Crippen molar-refractivity contribution in [2.24, 2.45) is 17.8 Å². The minimum Gasteiger partial charge on any atom is -0.368 e. The van der Waals surface area contributed by atoms with E-state index in [0.29, 0.717) is 11.6 Å². The molecule has 2 aliphatic rings. The highest BCUT2D eigenvalue weighted by Crippen LogP contribution is 2.48. The standard InChI is InChI=1S/C14H20N6/c1-20(6-10-5-8-2-3-9(10)4-8)13-11-12(17-7-16-11)18-14(15)19-13/h7-10H,2-6H2,1H3,(H3,15,16,17,18,19). The molecule has 0 spiro atoms. The molecular weight excluding hydrogens is 252 g/mol. The molecule has 3 atom stereocenters. The SMILES string of the molecule is CN(CC1CC2CCC1C2)c1nc(N)nc2nc[nH]c12. The van der Waals surface area contributed by atoms with E-state index in [0.717, 1.165) is 35.6 Å². The van der Waals surface area contributed by atoms with Crippen molar-refractivity contribution in [3.8, 4) is 0 Å². The molecule has 0 radical (unpaired) electrons. The third-order valence-electron chi connectivity index (χ3n) is 5.04. The summed E-state index contributed by atoms with van der Waals surface area (Å²) in [5.41, 5.74) is 7.31. The predicted octanol–water partition coefficient (Wildman–Crippen LogP) is 1.81. The van der Waals surface area contributed by atoms with Gasteiger partial charge in [-0.25, -0.2) is 4.98 Å². The third kappa shape index (κ3) is 1.82. The second-order valence-corrected chi connectivity index (χ2v) is 6.32. The molecule has 2 bridgehead atoms. The molecule has 0 saturated heterocycles. The second-order valence-electron chi connectivity index (χ2n) is 6.32. The Kier molecular flexibility index (Phi) is 2.58. The van der Waals surface area contributed by atoms with Crippen molar-refractivity contribution < 1.29 is 0 Å². The van der Waals surface area contributed by atoms with Gasteiger partial charge in [0, 0.05) is 13.6 Å². The molecule has 2 aromatic rings. The molecule has 6 nitrogen and oxygen atoms in total. The van der Waals surface area contributed by atoms with Gasteiger partial charge in [-0.1, -0.05) is 6.42 Å². The molecule has 0 aliphatic heterocycles. The molecule has 2 heterocycles. The molecule has 4 rings (SSSR count). The lowest BCUT2D eigenvalue weighted by Crippen LogP contribution is -2.29. The van der Waals surface area contributed by atoms with Crippen LogP contribution in [-0.4, -0.2) is 33.5 Å². The van der Waals surface area contributed by atoms with Crippen LogP contribution in [0.15, 0.2) is 6.33 Å². The number of imidazole rings is 1. The van der Waals surface area contributed by atoms with Crippen molar-refractivity contribution in [3.63, 3.8) is 0 Å². The first kappa shape index (κ1) is 11.9. The van der Waals surface area contributed by atoms with Crippen LogP contribution in [0, 0.1) is 17.8 Å². The fraction of sp³-hybridized carbons (Fsp3) is 0.643. The lowest BCUT2D eigenvalue weighted by molar-refractivity contribution is 0.337. The fourth-order valence-corrected chi connectivity index (χ4v) is 4.15. The van der Waals surface area contributed by atoms with E-state index >= 15 is 0 Å². The largest absolute Gasteiger partial charge is 0.368 e. The molecule has 106 valence electrons. The van der Waals surface area contributed by atoms with E-state index in [4.69, 9.17) is 5.73 Å².